The summed E-state index contributed by atoms with van der Waals surface area (Å²) in [4.78, 5) is 45.6. The average molecular weight is 464 g/mol. The summed E-state index contributed by atoms with van der Waals surface area (Å²) < 4.78 is 0. The van der Waals surface area contributed by atoms with Gasteiger partial charge in [0.25, 0.3) is 5.91 Å². The van der Waals surface area contributed by atoms with E-state index in [0.29, 0.717) is 49.5 Å². The Kier molecular flexibility index (Phi) is 6.95. The number of carboxylic acid groups (broad SMARTS) is 1. The Morgan fingerprint density at radius 1 is 1.06 bits per heavy atom. The second kappa shape index (κ2) is 10.1. The first-order valence-electron chi connectivity index (χ1n) is 11.2. The first kappa shape index (κ1) is 23.5. The number of hydrogen-bond acceptors (Lipinski definition) is 5. The highest BCUT2D eigenvalue weighted by Gasteiger charge is 2.32. The fraction of sp³-hybridized carbons (Fsp3) is 0.320. The molecule has 1 aliphatic heterocycles. The number of carboxylic acids is 1. The second-order valence-electron chi connectivity index (χ2n) is 8.67. The fourth-order valence-electron chi connectivity index (χ4n) is 4.24. The SMILES string of the molecule is CN(C)C(=O)CN1CCN([C@H](C(=O)O)c2c[nH]c3ccc(NC(=O)c4ccccc4)cc23)CC1. The number of aromatic nitrogens is 1. The molecule has 178 valence electrons. The second-order valence-corrected chi connectivity index (χ2v) is 8.67. The molecule has 3 aromatic rings. The van der Waals surface area contributed by atoms with E-state index in [1.165, 1.54) is 0 Å². The number of fused-ring (bicyclic) bond motifs is 1. The van der Waals surface area contributed by atoms with Crippen molar-refractivity contribution in [1.82, 2.24) is 19.7 Å². The molecule has 1 aromatic heterocycles. The lowest BCUT2D eigenvalue weighted by Crippen LogP contribution is -2.51. The smallest absolute Gasteiger partial charge is 0.325 e. The van der Waals surface area contributed by atoms with Gasteiger partial charge in [0.2, 0.25) is 5.91 Å². The Morgan fingerprint density at radius 2 is 1.76 bits per heavy atom. The lowest BCUT2D eigenvalue weighted by atomic mass is 10.0. The van der Waals surface area contributed by atoms with E-state index in [-0.39, 0.29) is 11.8 Å². The number of aromatic amines is 1. The van der Waals surface area contributed by atoms with Gasteiger partial charge in [0.15, 0.2) is 0 Å². The lowest BCUT2D eigenvalue weighted by Gasteiger charge is -2.37. The van der Waals surface area contributed by atoms with Crippen LogP contribution in [0.25, 0.3) is 10.9 Å². The van der Waals surface area contributed by atoms with Gasteiger partial charge in [0, 0.05) is 74.2 Å². The van der Waals surface area contributed by atoms with Crippen LogP contribution in [0.5, 0.6) is 0 Å². The molecule has 2 heterocycles. The summed E-state index contributed by atoms with van der Waals surface area (Å²) in [5.41, 5.74) is 2.59. The maximum Gasteiger partial charge on any atom is 0.325 e. The Labute approximate surface area is 197 Å². The molecule has 0 aliphatic carbocycles. The van der Waals surface area contributed by atoms with Gasteiger partial charge in [-0.25, -0.2) is 0 Å². The highest BCUT2D eigenvalue weighted by atomic mass is 16.4. The zero-order valence-corrected chi connectivity index (χ0v) is 19.3. The number of likely N-dealkylation sites (N-methyl/N-ethyl adjacent to an activating group) is 1. The van der Waals surface area contributed by atoms with E-state index < -0.39 is 12.0 Å². The summed E-state index contributed by atoms with van der Waals surface area (Å²) in [6, 6.07) is 13.5. The molecule has 2 amide bonds. The molecule has 0 bridgehead atoms. The topological polar surface area (TPSA) is 109 Å². The van der Waals surface area contributed by atoms with Gasteiger partial charge < -0.3 is 20.3 Å². The minimum atomic E-state index is -0.933. The molecule has 0 spiro atoms. The summed E-state index contributed by atoms with van der Waals surface area (Å²) >= 11 is 0. The number of anilines is 1. The first-order chi connectivity index (χ1) is 16.3. The Balaban J connectivity index is 1.52. The van der Waals surface area contributed by atoms with Crippen LogP contribution in [-0.4, -0.2) is 89.4 Å². The van der Waals surface area contributed by atoms with E-state index in [0.717, 1.165) is 10.9 Å². The first-order valence-corrected chi connectivity index (χ1v) is 11.2. The third-order valence-electron chi connectivity index (χ3n) is 6.17. The van der Waals surface area contributed by atoms with Crippen LogP contribution in [0.15, 0.2) is 54.7 Å². The van der Waals surface area contributed by atoms with E-state index in [1.54, 1.807) is 55.5 Å². The van der Waals surface area contributed by atoms with Crippen molar-refractivity contribution in [3.8, 4) is 0 Å². The third-order valence-corrected chi connectivity index (χ3v) is 6.17. The van der Waals surface area contributed by atoms with Gasteiger partial charge >= 0.3 is 5.97 Å². The maximum absolute atomic E-state index is 12.6. The quantitative estimate of drug-likeness (QED) is 0.496. The Morgan fingerprint density at radius 3 is 2.41 bits per heavy atom. The van der Waals surface area contributed by atoms with Crippen LogP contribution in [0.4, 0.5) is 5.69 Å². The molecule has 1 aliphatic rings. The standard InChI is InChI=1S/C25H29N5O4/c1-28(2)22(31)16-29-10-12-30(13-11-29)23(25(33)34)20-15-26-21-9-8-18(14-19(20)21)27-24(32)17-6-4-3-5-7-17/h3-9,14-15,23,26H,10-13,16H2,1-2H3,(H,27,32)(H,33,34)/t23-/m0/s1. The molecular weight excluding hydrogens is 434 g/mol. The van der Waals surface area contributed by atoms with Crippen LogP contribution in [-0.2, 0) is 9.59 Å². The number of carbonyl (C=O) groups is 3. The van der Waals surface area contributed by atoms with Crippen LogP contribution in [0.3, 0.4) is 0 Å². The molecule has 0 radical (unpaired) electrons. The van der Waals surface area contributed by atoms with Gasteiger partial charge in [-0.05, 0) is 30.3 Å². The largest absolute Gasteiger partial charge is 0.480 e. The van der Waals surface area contributed by atoms with Crippen molar-refractivity contribution in [3.05, 3.63) is 65.9 Å². The molecule has 9 nitrogen and oxygen atoms in total. The fourth-order valence-corrected chi connectivity index (χ4v) is 4.24. The molecule has 1 saturated heterocycles. The van der Waals surface area contributed by atoms with Crippen molar-refractivity contribution in [2.75, 3.05) is 52.1 Å². The summed E-state index contributed by atoms with van der Waals surface area (Å²) in [5, 5.41) is 13.7. The summed E-state index contributed by atoms with van der Waals surface area (Å²) in [7, 11) is 3.46. The number of aliphatic carboxylic acids is 1. The van der Waals surface area contributed by atoms with Crippen LogP contribution >= 0.6 is 0 Å². The van der Waals surface area contributed by atoms with Crippen LogP contribution in [0, 0.1) is 0 Å². The number of nitrogens with zero attached hydrogens (tertiary/aromatic N) is 3. The zero-order valence-electron chi connectivity index (χ0n) is 19.3. The van der Waals surface area contributed by atoms with Gasteiger partial charge in [0.1, 0.15) is 6.04 Å². The van der Waals surface area contributed by atoms with Crippen molar-refractivity contribution >= 4 is 34.4 Å². The molecule has 3 N–H and O–H groups in total. The van der Waals surface area contributed by atoms with E-state index in [2.05, 4.69) is 10.3 Å². The van der Waals surface area contributed by atoms with Gasteiger partial charge in [-0.1, -0.05) is 18.2 Å². The predicted molar refractivity (Wildman–Crippen MR) is 130 cm³/mol. The molecule has 1 atom stereocenters. The van der Waals surface area contributed by atoms with Crippen LogP contribution < -0.4 is 5.32 Å². The molecular formula is C25H29N5O4. The van der Waals surface area contributed by atoms with E-state index in [1.807, 2.05) is 28.0 Å². The molecule has 34 heavy (non-hydrogen) atoms. The van der Waals surface area contributed by atoms with Gasteiger partial charge in [0.05, 0.1) is 6.54 Å². The van der Waals surface area contributed by atoms with Crippen LogP contribution in [0.1, 0.15) is 22.0 Å². The van der Waals surface area contributed by atoms with Crippen molar-refractivity contribution < 1.29 is 19.5 Å². The molecule has 2 aromatic carbocycles. The minimum absolute atomic E-state index is 0.0324. The third kappa shape index (κ3) is 5.11. The highest BCUT2D eigenvalue weighted by Crippen LogP contribution is 2.31. The number of nitrogens with one attached hydrogen (secondary N) is 2. The van der Waals surface area contributed by atoms with E-state index in [4.69, 9.17) is 0 Å². The van der Waals surface area contributed by atoms with Crippen molar-refractivity contribution in [2.24, 2.45) is 0 Å². The Hall–Kier alpha value is -3.69. The monoisotopic (exact) mass is 463 g/mol. The summed E-state index contributed by atoms with van der Waals surface area (Å²) in [5.74, 6) is -1.13. The van der Waals surface area contributed by atoms with Crippen molar-refractivity contribution in [3.63, 3.8) is 0 Å². The summed E-state index contributed by atoms with van der Waals surface area (Å²) in [6.07, 6.45) is 1.73. The number of amides is 2. The summed E-state index contributed by atoms with van der Waals surface area (Å²) in [6.45, 7) is 2.63. The van der Waals surface area contributed by atoms with Crippen molar-refractivity contribution in [2.45, 2.75) is 6.04 Å². The average Bonchev–Trinajstić information content (AvgIpc) is 3.23. The van der Waals surface area contributed by atoms with E-state index in [9.17, 15) is 19.5 Å². The molecule has 4 rings (SSSR count). The number of carbonyl (C=O) groups excluding carboxylic acids is 2. The number of H-pyrrole nitrogens is 1. The number of piperazine rings is 1. The van der Waals surface area contributed by atoms with Gasteiger partial charge in [-0.3, -0.25) is 24.2 Å². The Bertz CT molecular complexity index is 1180. The maximum atomic E-state index is 12.6. The number of hydrogen-bond donors (Lipinski definition) is 3. The van der Waals surface area contributed by atoms with E-state index >= 15 is 0 Å². The molecule has 0 saturated carbocycles. The normalized spacial score (nSPS) is 15.7. The lowest BCUT2D eigenvalue weighted by molar-refractivity contribution is -0.145. The van der Waals surface area contributed by atoms with Crippen molar-refractivity contribution in [1.29, 1.82) is 0 Å². The molecule has 1 fully saturated rings. The number of benzene rings is 2. The van der Waals surface area contributed by atoms with Gasteiger partial charge in [-0.2, -0.15) is 0 Å². The molecule has 9 heteroatoms. The highest BCUT2D eigenvalue weighted by molar-refractivity contribution is 6.05. The number of rotatable bonds is 7. The van der Waals surface area contributed by atoms with Crippen LogP contribution in [0.2, 0.25) is 0 Å². The zero-order chi connectivity index (χ0) is 24.2. The predicted octanol–water partition coefficient (Wildman–Crippen LogP) is 2.25. The molecule has 0 unspecified atom stereocenters. The van der Waals surface area contributed by atoms with Gasteiger partial charge in [-0.15, -0.1) is 0 Å². The minimum Gasteiger partial charge on any atom is -0.480 e.